The maximum Gasteiger partial charge on any atom is 0.166 e. The van der Waals surface area contributed by atoms with E-state index in [1.54, 1.807) is 37.3 Å². The Kier molecular flexibility index (Phi) is 8.46. The van der Waals surface area contributed by atoms with Crippen molar-refractivity contribution < 1.29 is 13.2 Å². The second kappa shape index (κ2) is 10.8. The predicted molar refractivity (Wildman–Crippen MR) is 122 cm³/mol. The van der Waals surface area contributed by atoms with Crippen LogP contribution in [0.25, 0.3) is 6.08 Å². The Morgan fingerprint density at radius 2 is 1.60 bits per heavy atom. The second-order valence-corrected chi connectivity index (χ2v) is 7.79. The van der Waals surface area contributed by atoms with E-state index in [-0.39, 0.29) is 17.1 Å². The molecule has 0 aromatic heterocycles. The van der Waals surface area contributed by atoms with Gasteiger partial charge in [0.05, 0.1) is 0 Å². The molecule has 3 heteroatoms. The highest BCUT2D eigenvalue weighted by atomic mass is 19.2. The predicted octanol–water partition coefficient (Wildman–Crippen LogP) is 8.68. The highest BCUT2D eigenvalue weighted by molar-refractivity contribution is 5.57. The molecule has 1 saturated carbocycles. The minimum Gasteiger partial charge on any atom is -0.206 e. The number of hydrogen-bond donors (Lipinski definition) is 0. The lowest BCUT2D eigenvalue weighted by Crippen LogP contribution is -2.08. The maximum atomic E-state index is 14.6. The molecule has 0 saturated heterocycles. The minimum atomic E-state index is -0.837. The van der Waals surface area contributed by atoms with Gasteiger partial charge in [-0.05, 0) is 48.5 Å². The van der Waals surface area contributed by atoms with E-state index in [2.05, 4.69) is 26.3 Å². The average molecular weight is 411 g/mol. The first-order valence-corrected chi connectivity index (χ1v) is 10.1. The lowest BCUT2D eigenvalue weighted by molar-refractivity contribution is 0.417. The summed E-state index contributed by atoms with van der Waals surface area (Å²) in [5.74, 6) is -2.00. The maximum absolute atomic E-state index is 14.6. The molecule has 1 aliphatic carbocycles. The largest absolute Gasteiger partial charge is 0.206 e. The van der Waals surface area contributed by atoms with Crippen molar-refractivity contribution in [1.29, 1.82) is 0 Å². The number of hydrogen-bond acceptors (Lipinski definition) is 0. The van der Waals surface area contributed by atoms with Gasteiger partial charge in [0.2, 0.25) is 0 Å². The molecular formula is C27H29F3. The summed E-state index contributed by atoms with van der Waals surface area (Å²) in [5.41, 5.74) is 2.28. The van der Waals surface area contributed by atoms with Gasteiger partial charge in [-0.3, -0.25) is 0 Å². The van der Waals surface area contributed by atoms with Crippen LogP contribution in [-0.2, 0) is 0 Å². The molecule has 30 heavy (non-hydrogen) atoms. The summed E-state index contributed by atoms with van der Waals surface area (Å²) in [5, 5.41) is 0. The molecule has 0 spiro atoms. The number of rotatable bonds is 8. The molecule has 0 atom stereocenters. The summed E-state index contributed by atoms with van der Waals surface area (Å²) in [6, 6.07) is 3.30. The first kappa shape index (κ1) is 23.5. The highest BCUT2D eigenvalue weighted by Crippen LogP contribution is 2.35. The molecule has 0 bridgehead atoms. The van der Waals surface area contributed by atoms with E-state index in [9.17, 15) is 13.2 Å². The number of halogens is 3. The molecule has 1 aromatic rings. The summed E-state index contributed by atoms with van der Waals surface area (Å²) in [6.45, 7) is 16.6. The molecule has 158 valence electrons. The smallest absolute Gasteiger partial charge is 0.166 e. The fourth-order valence-electron chi connectivity index (χ4n) is 3.45. The van der Waals surface area contributed by atoms with E-state index in [0.717, 1.165) is 32.1 Å². The standard InChI is InChI=1S/C27H29F3/c1-18(2)17-25(28)21(5)20(4)13-11-19(3)12-14-23-15-16-24(27(30)26(23)29)22-9-7-6-8-10-22/h11-17,22H,1,3-10H2,2H3/b13-11-,14-12+,25-17+. The Balaban J connectivity index is 2.06. The third kappa shape index (κ3) is 6.35. The Hall–Kier alpha value is -2.81. The summed E-state index contributed by atoms with van der Waals surface area (Å²) < 4.78 is 43.0. The van der Waals surface area contributed by atoms with Crippen LogP contribution in [0.5, 0.6) is 0 Å². The van der Waals surface area contributed by atoms with Crippen molar-refractivity contribution in [2.24, 2.45) is 0 Å². The van der Waals surface area contributed by atoms with E-state index in [1.165, 1.54) is 12.2 Å². The van der Waals surface area contributed by atoms with Crippen molar-refractivity contribution >= 4 is 6.08 Å². The van der Waals surface area contributed by atoms with Gasteiger partial charge < -0.3 is 0 Å². The number of allylic oxidation sites excluding steroid dienone is 9. The average Bonchev–Trinajstić information content (AvgIpc) is 2.72. The number of benzene rings is 1. The van der Waals surface area contributed by atoms with Crippen LogP contribution < -0.4 is 0 Å². The van der Waals surface area contributed by atoms with Crippen LogP contribution in [0.4, 0.5) is 13.2 Å². The summed E-state index contributed by atoms with van der Waals surface area (Å²) in [6.07, 6.45) is 12.6. The molecule has 2 rings (SSSR count). The quantitative estimate of drug-likeness (QED) is 0.376. The molecule has 0 aliphatic heterocycles. The Morgan fingerprint density at radius 3 is 2.23 bits per heavy atom. The Morgan fingerprint density at radius 1 is 0.933 bits per heavy atom. The van der Waals surface area contributed by atoms with Crippen LogP contribution in [0.3, 0.4) is 0 Å². The van der Waals surface area contributed by atoms with Crippen LogP contribution in [0.15, 0.2) is 90.9 Å². The third-order valence-electron chi connectivity index (χ3n) is 5.21. The van der Waals surface area contributed by atoms with Crippen molar-refractivity contribution in [3.8, 4) is 0 Å². The zero-order valence-corrected chi connectivity index (χ0v) is 17.6. The van der Waals surface area contributed by atoms with Crippen LogP contribution in [0.1, 0.15) is 56.1 Å². The zero-order valence-electron chi connectivity index (χ0n) is 17.6. The van der Waals surface area contributed by atoms with Gasteiger partial charge in [0.25, 0.3) is 0 Å². The monoisotopic (exact) mass is 410 g/mol. The Labute approximate surface area is 178 Å². The summed E-state index contributed by atoms with van der Waals surface area (Å²) in [4.78, 5) is 0. The van der Waals surface area contributed by atoms with Crippen molar-refractivity contribution in [3.05, 3.63) is 114 Å². The first-order chi connectivity index (χ1) is 14.2. The SMILES string of the molecule is C=C(C)/C=C(/F)C(=C)C(=C)/C=C\C(=C)/C=C/c1ccc(C2CCCCC2)c(F)c1F. The van der Waals surface area contributed by atoms with Crippen LogP contribution >= 0.6 is 0 Å². The molecule has 0 nitrogen and oxygen atoms in total. The fourth-order valence-corrected chi connectivity index (χ4v) is 3.45. The topological polar surface area (TPSA) is 0 Å². The van der Waals surface area contributed by atoms with Gasteiger partial charge in [-0.2, -0.15) is 0 Å². The van der Waals surface area contributed by atoms with Gasteiger partial charge in [0.15, 0.2) is 11.6 Å². The molecule has 0 amide bonds. The van der Waals surface area contributed by atoms with E-state index in [1.807, 2.05) is 0 Å². The summed E-state index contributed by atoms with van der Waals surface area (Å²) in [7, 11) is 0. The summed E-state index contributed by atoms with van der Waals surface area (Å²) >= 11 is 0. The zero-order chi connectivity index (χ0) is 22.3. The molecule has 0 radical (unpaired) electrons. The van der Waals surface area contributed by atoms with Crippen LogP contribution in [-0.4, -0.2) is 0 Å². The van der Waals surface area contributed by atoms with E-state index in [4.69, 9.17) is 0 Å². The van der Waals surface area contributed by atoms with Crippen molar-refractivity contribution in [3.63, 3.8) is 0 Å². The lowest BCUT2D eigenvalue weighted by atomic mass is 9.83. The van der Waals surface area contributed by atoms with Crippen molar-refractivity contribution in [2.45, 2.75) is 44.9 Å². The molecular weight excluding hydrogens is 381 g/mol. The lowest BCUT2D eigenvalue weighted by Gasteiger charge is -2.22. The minimum absolute atomic E-state index is 0.0996. The molecule has 1 aliphatic rings. The van der Waals surface area contributed by atoms with Gasteiger partial charge >= 0.3 is 0 Å². The molecule has 0 N–H and O–H groups in total. The molecule has 1 fully saturated rings. The van der Waals surface area contributed by atoms with Gasteiger partial charge in [0, 0.05) is 11.1 Å². The van der Waals surface area contributed by atoms with E-state index in [0.29, 0.717) is 22.3 Å². The van der Waals surface area contributed by atoms with Gasteiger partial charge in [0.1, 0.15) is 5.83 Å². The Bertz CT molecular complexity index is 935. The fraction of sp³-hybridized carbons (Fsp3) is 0.259. The third-order valence-corrected chi connectivity index (χ3v) is 5.21. The van der Waals surface area contributed by atoms with Crippen molar-refractivity contribution in [2.75, 3.05) is 0 Å². The van der Waals surface area contributed by atoms with Crippen LogP contribution in [0, 0.1) is 11.6 Å². The molecule has 1 aromatic carbocycles. The first-order valence-electron chi connectivity index (χ1n) is 10.1. The normalized spacial score (nSPS) is 15.7. The second-order valence-electron chi connectivity index (χ2n) is 7.79. The highest BCUT2D eigenvalue weighted by Gasteiger charge is 2.21. The van der Waals surface area contributed by atoms with Gasteiger partial charge in [-0.25, -0.2) is 13.2 Å². The van der Waals surface area contributed by atoms with E-state index >= 15 is 0 Å². The van der Waals surface area contributed by atoms with Crippen LogP contribution in [0.2, 0.25) is 0 Å². The molecule has 0 unspecified atom stereocenters. The van der Waals surface area contributed by atoms with Crippen molar-refractivity contribution in [1.82, 2.24) is 0 Å². The molecule has 0 heterocycles. The van der Waals surface area contributed by atoms with E-state index < -0.39 is 17.5 Å². The van der Waals surface area contributed by atoms with Gasteiger partial charge in [-0.15, -0.1) is 0 Å². The van der Waals surface area contributed by atoms with Gasteiger partial charge in [-0.1, -0.05) is 87.6 Å².